The summed E-state index contributed by atoms with van der Waals surface area (Å²) in [5.41, 5.74) is 4.50. The Kier molecular flexibility index (Phi) is 174. The maximum atomic E-state index is 4.50. The van der Waals surface area contributed by atoms with E-state index in [0.29, 0.717) is 0 Å². The van der Waals surface area contributed by atoms with Crippen LogP contribution in [0.5, 0.6) is 0 Å². The molecule has 0 atom stereocenters. The SMILES string of the molecule is CI.CN.CN(C)C.CNC.CNC.ICI. The fourth-order valence-corrected chi connectivity index (χ4v) is 0. The monoisotopic (exact) mass is 590 g/mol. The second-order valence-corrected chi connectivity index (χ2v) is 6.89. The minimum Gasteiger partial charge on any atom is -0.333 e. The highest BCUT2D eigenvalue weighted by Crippen LogP contribution is 1.86. The lowest BCUT2D eigenvalue weighted by Crippen LogP contribution is -1.99. The Labute approximate surface area is 151 Å². The summed E-state index contributed by atoms with van der Waals surface area (Å²) in [5, 5.41) is 5.50. The molecule has 114 valence electrons. The quantitative estimate of drug-likeness (QED) is 0.300. The average Bonchev–Trinajstić information content (AvgIpc) is 2.25. The van der Waals surface area contributed by atoms with E-state index in [0.717, 1.165) is 0 Å². The van der Waals surface area contributed by atoms with Gasteiger partial charge in [0.15, 0.2) is 0 Å². The van der Waals surface area contributed by atoms with Crippen LogP contribution in [0.1, 0.15) is 0 Å². The molecule has 0 aliphatic heterocycles. The van der Waals surface area contributed by atoms with Gasteiger partial charge in [-0.3, -0.25) is 0 Å². The molecule has 4 nitrogen and oxygen atoms in total. The smallest absolute Gasteiger partial charge is 0.0516 e. The molecule has 0 radical (unpaired) electrons. The topological polar surface area (TPSA) is 53.3 Å². The van der Waals surface area contributed by atoms with Crippen LogP contribution in [0.25, 0.3) is 0 Å². The Hall–Kier alpha value is 2.03. The highest BCUT2D eigenvalue weighted by atomic mass is 127. The van der Waals surface area contributed by atoms with Crippen molar-refractivity contribution in [3.05, 3.63) is 0 Å². The number of hydrogen-bond donors (Lipinski definition) is 3. The third-order valence-electron chi connectivity index (χ3n) is 0. The van der Waals surface area contributed by atoms with E-state index < -0.39 is 0 Å². The zero-order valence-electron chi connectivity index (χ0n) is 12.9. The Morgan fingerprint density at radius 3 is 0.824 bits per heavy atom. The molecule has 0 aliphatic carbocycles. The van der Waals surface area contributed by atoms with Gasteiger partial charge in [0.1, 0.15) is 0 Å². The van der Waals surface area contributed by atoms with Crippen molar-refractivity contribution in [2.24, 2.45) is 5.73 Å². The van der Waals surface area contributed by atoms with E-state index in [1.165, 1.54) is 9.48 Å². The Morgan fingerprint density at radius 2 is 0.824 bits per heavy atom. The summed E-state index contributed by atoms with van der Waals surface area (Å²) in [4.78, 5) is 3.97. The van der Waals surface area contributed by atoms with Crippen molar-refractivity contribution in [3.8, 4) is 0 Å². The van der Waals surface area contributed by atoms with Gasteiger partial charge in [0.05, 0.1) is 2.43 Å². The first-order chi connectivity index (χ1) is 7.97. The van der Waals surface area contributed by atoms with Gasteiger partial charge in [-0.1, -0.05) is 67.8 Å². The van der Waals surface area contributed by atoms with Gasteiger partial charge in [-0.15, -0.1) is 0 Å². The van der Waals surface area contributed by atoms with E-state index in [2.05, 4.69) is 84.1 Å². The Balaban J connectivity index is -0.0000000218. The van der Waals surface area contributed by atoms with Crippen molar-refractivity contribution in [1.29, 1.82) is 0 Å². The summed E-state index contributed by atoms with van der Waals surface area (Å²) in [6.45, 7) is 0. The predicted molar refractivity (Wildman–Crippen MR) is 113 cm³/mol. The highest BCUT2D eigenvalue weighted by molar-refractivity contribution is 14.2. The maximum absolute atomic E-state index is 4.50. The molecule has 0 spiro atoms. The van der Waals surface area contributed by atoms with Crippen LogP contribution in [0.2, 0.25) is 0 Å². The molecule has 7 heteroatoms. The largest absolute Gasteiger partial charge is 0.333 e. The summed E-state index contributed by atoms with van der Waals surface area (Å²) >= 11 is 6.70. The van der Waals surface area contributed by atoms with Crippen molar-refractivity contribution < 1.29 is 0 Å². The summed E-state index contributed by atoms with van der Waals surface area (Å²) in [6, 6.07) is 0. The van der Waals surface area contributed by atoms with Crippen molar-refractivity contribution in [1.82, 2.24) is 15.5 Å². The third kappa shape index (κ3) is 1120. The second kappa shape index (κ2) is 81.1. The van der Waals surface area contributed by atoms with Crippen LogP contribution in [-0.2, 0) is 0 Å². The van der Waals surface area contributed by atoms with Gasteiger partial charge in [0, 0.05) is 0 Å². The zero-order chi connectivity index (χ0) is 15.7. The van der Waals surface area contributed by atoms with Crippen LogP contribution in [0.15, 0.2) is 0 Å². The zero-order valence-corrected chi connectivity index (χ0v) is 19.3. The Bertz CT molecular complexity index is 45.0. The molecule has 0 fully saturated rings. The van der Waals surface area contributed by atoms with Gasteiger partial charge >= 0.3 is 0 Å². The molecular formula is C10H33I3N4. The standard InChI is InChI=1S/C3H9N.2C2H7N.CH2I2.CH3I.CH5N/c1-4(2)3;2*1-3-2;2-1-3;2*1-2/h1-3H3;2*3H,1-2H3;1H2;1H3;2H2,1H3. The molecule has 4 N–H and O–H groups in total. The van der Waals surface area contributed by atoms with Crippen LogP contribution in [0.3, 0.4) is 0 Å². The number of rotatable bonds is 0. The minimum absolute atomic E-state index is 1.19. The van der Waals surface area contributed by atoms with Crippen molar-refractivity contribution in [2.75, 3.05) is 63.7 Å². The summed E-state index contributed by atoms with van der Waals surface area (Å²) < 4.78 is 1.19. The highest BCUT2D eigenvalue weighted by Gasteiger charge is 1.58. The van der Waals surface area contributed by atoms with Crippen LogP contribution >= 0.6 is 67.8 Å². The molecule has 17 heavy (non-hydrogen) atoms. The molecule has 0 aromatic carbocycles. The van der Waals surface area contributed by atoms with E-state index in [4.69, 9.17) is 0 Å². The lowest BCUT2D eigenvalue weighted by Gasteiger charge is -1.90. The molecule has 0 aliphatic rings. The fourth-order valence-electron chi connectivity index (χ4n) is 0. The van der Waals surface area contributed by atoms with Crippen LogP contribution in [-0.4, -0.2) is 68.6 Å². The Morgan fingerprint density at radius 1 is 0.824 bits per heavy atom. The van der Waals surface area contributed by atoms with E-state index in [1.54, 1.807) is 0 Å². The van der Waals surface area contributed by atoms with E-state index >= 15 is 0 Å². The van der Waals surface area contributed by atoms with E-state index in [1.807, 2.05) is 59.2 Å². The van der Waals surface area contributed by atoms with Crippen LogP contribution in [0.4, 0.5) is 0 Å². The molecule has 0 aromatic heterocycles. The summed E-state index contributed by atoms with van der Waals surface area (Å²) in [5.74, 6) is 0. The van der Waals surface area contributed by atoms with Crippen molar-refractivity contribution >= 4 is 67.8 Å². The van der Waals surface area contributed by atoms with Crippen LogP contribution in [0, 0.1) is 0 Å². The van der Waals surface area contributed by atoms with Gasteiger partial charge < -0.3 is 21.3 Å². The summed E-state index contributed by atoms with van der Waals surface area (Å²) in [6.07, 6.45) is 0. The molecular weight excluding hydrogens is 557 g/mol. The molecule has 0 bridgehead atoms. The number of nitrogens with zero attached hydrogens (tertiary/aromatic N) is 1. The molecule has 0 aromatic rings. The second-order valence-electron chi connectivity index (χ2n) is 2.44. The molecule has 0 amide bonds. The van der Waals surface area contributed by atoms with Gasteiger partial charge in [-0.05, 0) is 61.3 Å². The van der Waals surface area contributed by atoms with Crippen molar-refractivity contribution in [2.45, 2.75) is 0 Å². The lowest BCUT2D eigenvalue weighted by atomic mass is 11.0. The van der Waals surface area contributed by atoms with Gasteiger partial charge in [0.2, 0.25) is 0 Å². The predicted octanol–water partition coefficient (Wildman–Crippen LogP) is 2.29. The van der Waals surface area contributed by atoms with Crippen LogP contribution < -0.4 is 16.4 Å². The normalized spacial score (nSPS) is 6.00. The molecule has 0 saturated carbocycles. The van der Waals surface area contributed by atoms with Crippen molar-refractivity contribution in [3.63, 3.8) is 0 Å². The number of nitrogens with one attached hydrogen (secondary N) is 2. The number of nitrogens with two attached hydrogens (primary N) is 1. The first kappa shape index (κ1) is 36.4. The number of hydrogen-bond acceptors (Lipinski definition) is 4. The lowest BCUT2D eigenvalue weighted by molar-refractivity contribution is 0.505. The first-order valence-electron chi connectivity index (χ1n) is 4.83. The average molecular weight is 590 g/mol. The minimum atomic E-state index is 1.19. The first-order valence-corrected chi connectivity index (χ1v) is 10.0. The molecule has 0 unspecified atom stereocenters. The summed E-state index contributed by atoms with van der Waals surface area (Å²) in [7, 11) is 15.0. The van der Waals surface area contributed by atoms with E-state index in [-0.39, 0.29) is 0 Å². The maximum Gasteiger partial charge on any atom is 0.0516 e. The van der Waals surface area contributed by atoms with Gasteiger partial charge in [-0.25, -0.2) is 0 Å². The fraction of sp³-hybridized carbons (Fsp3) is 1.00. The molecule has 0 heterocycles. The van der Waals surface area contributed by atoms with E-state index in [9.17, 15) is 0 Å². The molecule has 0 rings (SSSR count). The third-order valence-corrected chi connectivity index (χ3v) is 0. The number of alkyl halides is 3. The van der Waals surface area contributed by atoms with Gasteiger partial charge in [0.25, 0.3) is 0 Å². The number of halogens is 3. The molecule has 0 saturated heterocycles. The van der Waals surface area contributed by atoms with Gasteiger partial charge in [-0.2, -0.15) is 0 Å².